The van der Waals surface area contributed by atoms with Crippen molar-refractivity contribution in [3.05, 3.63) is 0 Å². The lowest BCUT2D eigenvalue weighted by Crippen LogP contribution is -2.44. The number of aromatic nitrogens is 2. The first-order valence-corrected chi connectivity index (χ1v) is 14.3. The van der Waals surface area contributed by atoms with Gasteiger partial charge in [-0.25, -0.2) is 0 Å². The molecule has 0 saturated heterocycles. The second-order valence-electron chi connectivity index (χ2n) is 9.29. The van der Waals surface area contributed by atoms with Gasteiger partial charge >= 0.3 is 0 Å². The van der Waals surface area contributed by atoms with E-state index in [4.69, 9.17) is 0 Å². The molecule has 0 bridgehead atoms. The van der Waals surface area contributed by atoms with Crippen molar-refractivity contribution in [2.24, 2.45) is 23.7 Å². The number of hydrogen-bond donors (Lipinski definition) is 2. The smallest absolute Gasteiger partial charge is 0.230 e. The Morgan fingerprint density at radius 2 is 1.23 bits per heavy atom. The summed E-state index contributed by atoms with van der Waals surface area (Å²) in [5.74, 6) is 3.22. The molecule has 2 aliphatic carbocycles. The van der Waals surface area contributed by atoms with Crippen molar-refractivity contribution in [2.75, 3.05) is 11.5 Å². The van der Waals surface area contributed by atoms with Gasteiger partial charge in [0, 0.05) is 12.1 Å². The second-order valence-corrected chi connectivity index (χ2v) is 12.7. The molecular weight excluding hydrogens is 448 g/mol. The minimum absolute atomic E-state index is 0.0653. The van der Waals surface area contributed by atoms with Gasteiger partial charge in [0.1, 0.15) is 0 Å². The third-order valence-electron chi connectivity index (χ3n) is 7.15. The Morgan fingerprint density at radius 3 is 1.65 bits per heavy atom. The first kappa shape index (κ1) is 24.8. The van der Waals surface area contributed by atoms with Gasteiger partial charge < -0.3 is 10.6 Å². The van der Waals surface area contributed by atoms with E-state index in [1.54, 1.807) is 0 Å². The van der Waals surface area contributed by atoms with Crippen molar-refractivity contribution >= 4 is 46.7 Å². The second kappa shape index (κ2) is 11.9. The fraction of sp³-hybridized carbons (Fsp3) is 0.818. The molecule has 0 aromatic carbocycles. The average molecular weight is 485 g/mol. The van der Waals surface area contributed by atoms with Gasteiger partial charge in [-0.2, -0.15) is 0 Å². The van der Waals surface area contributed by atoms with Crippen molar-refractivity contribution in [3.8, 4) is 0 Å². The maximum absolute atomic E-state index is 12.4. The summed E-state index contributed by atoms with van der Waals surface area (Å²) < 4.78 is 1.55. The lowest BCUT2D eigenvalue weighted by atomic mass is 9.78. The molecule has 2 saturated carbocycles. The highest BCUT2D eigenvalue weighted by atomic mass is 32.2. The highest BCUT2D eigenvalue weighted by Crippen LogP contribution is 2.32. The summed E-state index contributed by atoms with van der Waals surface area (Å²) in [6.45, 7) is 9.02. The van der Waals surface area contributed by atoms with Crippen molar-refractivity contribution in [2.45, 2.75) is 87.0 Å². The standard InChI is InChI=1S/C22H36N4O2S3/c1-13-7-5-9-17(15(13)3)23-19(27)11-29-21-25-26-22(31-21)30-12-20(28)24-18-10-6-8-14(2)16(18)4/h13-18H,5-12H2,1-4H3,(H,23,27)(H,24,28). The third-order valence-corrected chi connectivity index (χ3v) is 10.3. The number of thioether (sulfide) groups is 2. The van der Waals surface area contributed by atoms with Crippen LogP contribution in [-0.2, 0) is 9.59 Å². The molecule has 2 amide bonds. The lowest BCUT2D eigenvalue weighted by Gasteiger charge is -2.34. The molecule has 2 N–H and O–H groups in total. The Bertz CT molecular complexity index is 686. The zero-order chi connectivity index (χ0) is 22.4. The quantitative estimate of drug-likeness (QED) is 0.525. The summed E-state index contributed by atoms with van der Waals surface area (Å²) in [4.78, 5) is 24.7. The van der Waals surface area contributed by atoms with E-state index in [1.165, 1.54) is 60.5 Å². The molecule has 6 unspecified atom stereocenters. The number of nitrogens with zero attached hydrogens (tertiary/aromatic N) is 2. The largest absolute Gasteiger partial charge is 0.352 e. The fourth-order valence-corrected chi connectivity index (χ4v) is 7.28. The fourth-order valence-electron chi connectivity index (χ4n) is 4.64. The average Bonchev–Trinajstić information content (AvgIpc) is 3.20. The van der Waals surface area contributed by atoms with Crippen LogP contribution in [0, 0.1) is 23.7 Å². The highest BCUT2D eigenvalue weighted by Gasteiger charge is 2.29. The van der Waals surface area contributed by atoms with Crippen LogP contribution in [-0.4, -0.2) is 45.6 Å². The van der Waals surface area contributed by atoms with Gasteiger partial charge in [-0.05, 0) is 36.5 Å². The third kappa shape index (κ3) is 7.35. The lowest BCUT2D eigenvalue weighted by molar-refractivity contribution is -0.120. The number of amides is 2. The van der Waals surface area contributed by atoms with Crippen LogP contribution in [0.15, 0.2) is 8.68 Å². The van der Waals surface area contributed by atoms with E-state index in [-0.39, 0.29) is 23.9 Å². The van der Waals surface area contributed by atoms with Gasteiger partial charge in [0.05, 0.1) is 11.5 Å². The predicted molar refractivity (Wildman–Crippen MR) is 130 cm³/mol. The van der Waals surface area contributed by atoms with Gasteiger partial charge in [0.25, 0.3) is 0 Å². The first-order chi connectivity index (χ1) is 14.8. The number of rotatable bonds is 8. The summed E-state index contributed by atoms with van der Waals surface area (Å²) in [5.41, 5.74) is 0. The predicted octanol–water partition coefficient (Wildman–Crippen LogP) is 4.60. The number of hydrogen-bond acceptors (Lipinski definition) is 7. The summed E-state index contributed by atoms with van der Waals surface area (Å²) in [6.07, 6.45) is 7.03. The molecule has 0 aliphatic heterocycles. The van der Waals surface area contributed by atoms with E-state index in [9.17, 15) is 9.59 Å². The Hall–Kier alpha value is -0.800. The van der Waals surface area contributed by atoms with E-state index >= 15 is 0 Å². The molecule has 9 heteroatoms. The molecule has 3 rings (SSSR count). The van der Waals surface area contributed by atoms with Crippen molar-refractivity contribution in [1.29, 1.82) is 0 Å². The zero-order valence-electron chi connectivity index (χ0n) is 19.1. The van der Waals surface area contributed by atoms with Gasteiger partial charge in [-0.15, -0.1) is 10.2 Å². The normalized spacial score (nSPS) is 31.2. The molecule has 0 radical (unpaired) electrons. The van der Waals surface area contributed by atoms with E-state index in [2.05, 4.69) is 48.5 Å². The summed E-state index contributed by atoms with van der Waals surface area (Å²) >= 11 is 4.30. The molecule has 1 heterocycles. The van der Waals surface area contributed by atoms with E-state index in [1.807, 2.05) is 0 Å². The molecule has 1 aromatic rings. The van der Waals surface area contributed by atoms with Gasteiger partial charge in [0.15, 0.2) is 8.68 Å². The van der Waals surface area contributed by atoms with Crippen LogP contribution in [0.1, 0.15) is 66.2 Å². The number of nitrogens with one attached hydrogen (secondary N) is 2. The van der Waals surface area contributed by atoms with Crippen LogP contribution < -0.4 is 10.6 Å². The Labute approximate surface area is 198 Å². The van der Waals surface area contributed by atoms with Crippen LogP contribution in [0.2, 0.25) is 0 Å². The molecule has 6 atom stereocenters. The minimum atomic E-state index is 0.0653. The molecule has 174 valence electrons. The Morgan fingerprint density at radius 1 is 0.806 bits per heavy atom. The maximum Gasteiger partial charge on any atom is 0.230 e. The van der Waals surface area contributed by atoms with Crippen LogP contribution in [0.4, 0.5) is 0 Å². The van der Waals surface area contributed by atoms with Gasteiger partial charge in [0.2, 0.25) is 11.8 Å². The van der Waals surface area contributed by atoms with Gasteiger partial charge in [-0.3, -0.25) is 9.59 Å². The molecule has 2 fully saturated rings. The molecule has 0 spiro atoms. The monoisotopic (exact) mass is 484 g/mol. The van der Waals surface area contributed by atoms with Crippen LogP contribution in [0.25, 0.3) is 0 Å². The minimum Gasteiger partial charge on any atom is -0.352 e. The van der Waals surface area contributed by atoms with E-state index in [0.717, 1.165) is 21.5 Å². The zero-order valence-corrected chi connectivity index (χ0v) is 21.5. The molecule has 1 aromatic heterocycles. The van der Waals surface area contributed by atoms with Crippen LogP contribution in [0.3, 0.4) is 0 Å². The Kier molecular flexibility index (Phi) is 9.52. The molecule has 6 nitrogen and oxygen atoms in total. The SMILES string of the molecule is CC1CCCC(NC(=O)CSc2nnc(SCC(=O)NC3CCCC(C)C3C)s2)C1C. The van der Waals surface area contributed by atoms with Crippen LogP contribution in [0.5, 0.6) is 0 Å². The number of carbonyl (C=O) groups is 2. The Balaban J connectivity index is 1.37. The topological polar surface area (TPSA) is 84.0 Å². The molecule has 31 heavy (non-hydrogen) atoms. The summed E-state index contributed by atoms with van der Waals surface area (Å²) in [6, 6.07) is 0.566. The maximum atomic E-state index is 12.4. The van der Waals surface area contributed by atoms with Crippen LogP contribution >= 0.6 is 34.9 Å². The van der Waals surface area contributed by atoms with Crippen molar-refractivity contribution in [3.63, 3.8) is 0 Å². The van der Waals surface area contributed by atoms with Crippen molar-refractivity contribution < 1.29 is 9.59 Å². The summed E-state index contributed by atoms with van der Waals surface area (Å²) in [7, 11) is 0. The first-order valence-electron chi connectivity index (χ1n) is 11.5. The molecule has 2 aliphatic rings. The van der Waals surface area contributed by atoms with E-state index in [0.29, 0.717) is 35.2 Å². The van der Waals surface area contributed by atoms with E-state index < -0.39 is 0 Å². The van der Waals surface area contributed by atoms with Crippen molar-refractivity contribution in [1.82, 2.24) is 20.8 Å². The number of carbonyl (C=O) groups excluding carboxylic acids is 2. The highest BCUT2D eigenvalue weighted by molar-refractivity contribution is 8.03. The molecular formula is C22H36N4O2S3. The summed E-state index contributed by atoms with van der Waals surface area (Å²) in [5, 5.41) is 14.8. The van der Waals surface area contributed by atoms with Gasteiger partial charge in [-0.1, -0.05) is 88.2 Å².